The molecule has 90 valence electrons. The molecule has 1 N–H and O–H groups in total. The summed E-state index contributed by atoms with van der Waals surface area (Å²) in [6, 6.07) is 6.35. The minimum absolute atomic E-state index is 0.258. The molecule has 0 aromatic heterocycles. The lowest BCUT2D eigenvalue weighted by molar-refractivity contribution is -0.0113. The monoisotopic (exact) mass is 289 g/mol. The Morgan fingerprint density at radius 2 is 1.76 bits per heavy atom. The zero-order chi connectivity index (χ0) is 12.6. The molecule has 0 saturated heterocycles. The lowest BCUT2D eigenvalue weighted by Crippen LogP contribution is -2.28. The van der Waals surface area contributed by atoms with Gasteiger partial charge in [-0.1, -0.05) is 23.5 Å². The first-order valence-electron chi connectivity index (χ1n) is 4.52. The molecule has 0 bridgehead atoms. The number of nitrogens with zero attached hydrogens (tertiary/aromatic N) is 1. The first kappa shape index (κ1) is 12.7. The molecule has 1 heterocycles. The van der Waals surface area contributed by atoms with Gasteiger partial charge in [-0.15, -0.1) is 5.06 Å². The number of carbonyl (C=O) groups excluding carboxylic acids is 2. The van der Waals surface area contributed by atoms with Gasteiger partial charge in [-0.05, 0) is 30.2 Å². The largest absolute Gasteiger partial charge is 0.336 e. The standard InChI is InChI=1S/C9H8NO4PS2/c1-17-15(13,16)14-10-8(11)6-4-2-3-5-7(6)9(10)12/h2-5H,1H3,(H,13,16). The molecule has 5 nitrogen and oxygen atoms in total. The van der Waals surface area contributed by atoms with Gasteiger partial charge in [0, 0.05) is 0 Å². The highest BCUT2D eigenvalue weighted by Crippen LogP contribution is 2.55. The molecule has 1 aliphatic heterocycles. The van der Waals surface area contributed by atoms with Crippen LogP contribution in [0.5, 0.6) is 0 Å². The Morgan fingerprint density at radius 1 is 1.29 bits per heavy atom. The van der Waals surface area contributed by atoms with Crippen LogP contribution >= 0.6 is 17.1 Å². The van der Waals surface area contributed by atoms with Gasteiger partial charge < -0.3 is 4.89 Å². The van der Waals surface area contributed by atoms with Crippen molar-refractivity contribution < 1.29 is 19.1 Å². The summed E-state index contributed by atoms with van der Waals surface area (Å²) in [6.45, 7) is 0. The highest BCUT2D eigenvalue weighted by molar-refractivity contribution is 8.67. The van der Waals surface area contributed by atoms with Gasteiger partial charge in [0.2, 0.25) is 0 Å². The zero-order valence-electron chi connectivity index (χ0n) is 8.69. The fraction of sp³-hybridized carbons (Fsp3) is 0.111. The fourth-order valence-electron chi connectivity index (χ4n) is 1.38. The van der Waals surface area contributed by atoms with Crippen molar-refractivity contribution in [3.8, 4) is 0 Å². The zero-order valence-corrected chi connectivity index (χ0v) is 11.2. The van der Waals surface area contributed by atoms with Crippen LogP contribution in [0.1, 0.15) is 20.7 Å². The molecule has 1 unspecified atom stereocenters. The molecular formula is C9H8NO4PS2. The Morgan fingerprint density at radius 3 is 2.18 bits per heavy atom. The van der Waals surface area contributed by atoms with Crippen molar-refractivity contribution in [3.05, 3.63) is 35.4 Å². The number of hydrogen-bond acceptors (Lipinski definition) is 5. The number of hydroxylamine groups is 2. The van der Waals surface area contributed by atoms with Crippen LogP contribution in [0.2, 0.25) is 0 Å². The van der Waals surface area contributed by atoms with E-state index in [2.05, 4.69) is 0 Å². The molecule has 1 aromatic carbocycles. The third kappa shape index (κ3) is 2.29. The molecular weight excluding hydrogens is 281 g/mol. The third-order valence-corrected chi connectivity index (χ3v) is 6.13. The van der Waals surface area contributed by atoms with Crippen LogP contribution in [0.25, 0.3) is 0 Å². The Labute approximate surface area is 107 Å². The molecule has 0 fully saturated rings. The van der Waals surface area contributed by atoms with Gasteiger partial charge in [0.15, 0.2) is 0 Å². The molecule has 0 saturated carbocycles. The Balaban J connectivity index is 2.34. The van der Waals surface area contributed by atoms with E-state index in [4.69, 9.17) is 16.4 Å². The molecule has 1 atom stereocenters. The number of imide groups is 1. The van der Waals surface area contributed by atoms with Crippen LogP contribution in [0, 0.1) is 0 Å². The van der Waals surface area contributed by atoms with E-state index in [9.17, 15) is 14.5 Å². The van der Waals surface area contributed by atoms with E-state index in [0.29, 0.717) is 5.06 Å². The highest BCUT2D eigenvalue weighted by Gasteiger charge is 2.39. The first-order valence-corrected chi connectivity index (χ1v) is 9.02. The lowest BCUT2D eigenvalue weighted by atomic mass is 10.1. The predicted molar refractivity (Wildman–Crippen MR) is 68.0 cm³/mol. The van der Waals surface area contributed by atoms with Gasteiger partial charge in [-0.25, -0.2) is 0 Å². The van der Waals surface area contributed by atoms with Crippen LogP contribution in [0.4, 0.5) is 0 Å². The number of hydrogen-bond donors (Lipinski definition) is 1. The van der Waals surface area contributed by atoms with E-state index in [1.807, 2.05) is 0 Å². The van der Waals surface area contributed by atoms with Crippen LogP contribution in [-0.4, -0.2) is 28.0 Å². The number of rotatable bonds is 3. The van der Waals surface area contributed by atoms with Crippen molar-refractivity contribution in [1.29, 1.82) is 0 Å². The van der Waals surface area contributed by atoms with Gasteiger partial charge >= 0.3 is 0 Å². The van der Waals surface area contributed by atoms with Gasteiger partial charge in [0.1, 0.15) is 0 Å². The summed E-state index contributed by atoms with van der Waals surface area (Å²) in [5, 5.41) is 0.544. The van der Waals surface area contributed by atoms with Crippen molar-refractivity contribution in [2.45, 2.75) is 0 Å². The lowest BCUT2D eigenvalue weighted by Gasteiger charge is -2.18. The van der Waals surface area contributed by atoms with Gasteiger partial charge in [0.25, 0.3) is 17.5 Å². The van der Waals surface area contributed by atoms with Crippen molar-refractivity contribution in [1.82, 2.24) is 5.06 Å². The first-order chi connectivity index (χ1) is 7.96. The van der Waals surface area contributed by atoms with Crippen molar-refractivity contribution in [2.24, 2.45) is 0 Å². The minimum Gasteiger partial charge on any atom is -0.336 e. The highest BCUT2D eigenvalue weighted by atomic mass is 32.9. The van der Waals surface area contributed by atoms with Crippen LogP contribution in [-0.2, 0) is 16.4 Å². The topological polar surface area (TPSA) is 66.8 Å². The Kier molecular flexibility index (Phi) is 3.38. The van der Waals surface area contributed by atoms with Gasteiger partial charge in [-0.2, -0.15) is 4.62 Å². The molecule has 8 heteroatoms. The van der Waals surface area contributed by atoms with Crippen molar-refractivity contribution in [3.63, 3.8) is 0 Å². The second-order valence-corrected chi connectivity index (χ2v) is 9.41. The summed E-state index contributed by atoms with van der Waals surface area (Å²) in [5.41, 5.74) is -2.68. The van der Waals surface area contributed by atoms with E-state index in [-0.39, 0.29) is 11.1 Å². The molecule has 1 aliphatic rings. The molecule has 2 rings (SSSR count). The quantitative estimate of drug-likeness (QED) is 0.676. The average molecular weight is 289 g/mol. The average Bonchev–Trinajstić information content (AvgIpc) is 2.55. The Bertz CT molecular complexity index is 513. The summed E-state index contributed by atoms with van der Waals surface area (Å²) in [5.74, 6) is -1.19. The van der Waals surface area contributed by atoms with Crippen LogP contribution in [0.3, 0.4) is 0 Å². The number of amides is 2. The van der Waals surface area contributed by atoms with Gasteiger partial charge in [-0.3, -0.25) is 9.59 Å². The molecule has 0 radical (unpaired) electrons. The van der Waals surface area contributed by atoms with Crippen molar-refractivity contribution in [2.75, 3.05) is 6.26 Å². The van der Waals surface area contributed by atoms with Gasteiger partial charge in [0.05, 0.1) is 11.1 Å². The maximum atomic E-state index is 11.8. The number of benzene rings is 1. The predicted octanol–water partition coefficient (Wildman–Crippen LogP) is 1.79. The second-order valence-electron chi connectivity index (χ2n) is 3.18. The molecule has 0 aliphatic carbocycles. The molecule has 17 heavy (non-hydrogen) atoms. The maximum absolute atomic E-state index is 11.8. The second kappa shape index (κ2) is 4.51. The molecule has 2 amide bonds. The number of fused-ring (bicyclic) bond motifs is 1. The summed E-state index contributed by atoms with van der Waals surface area (Å²) in [7, 11) is 0. The normalized spacial score (nSPS) is 18.1. The summed E-state index contributed by atoms with van der Waals surface area (Å²) >= 11 is 5.67. The van der Waals surface area contributed by atoms with Crippen LogP contribution < -0.4 is 0 Å². The van der Waals surface area contributed by atoms with E-state index in [0.717, 1.165) is 11.4 Å². The van der Waals surface area contributed by atoms with Crippen LogP contribution in [0.15, 0.2) is 24.3 Å². The summed E-state index contributed by atoms with van der Waals surface area (Å²) in [6.07, 6.45) is 1.55. The molecule has 1 aromatic rings. The van der Waals surface area contributed by atoms with E-state index >= 15 is 0 Å². The smallest absolute Gasteiger partial charge is 0.286 e. The Hall–Kier alpha value is -0.720. The van der Waals surface area contributed by atoms with E-state index in [1.165, 1.54) is 12.1 Å². The SMILES string of the molecule is CSP(O)(=S)ON1C(=O)c2ccccc2C1=O. The van der Waals surface area contributed by atoms with Crippen molar-refractivity contribution >= 4 is 40.7 Å². The fourth-order valence-corrected chi connectivity index (χ4v) is 2.40. The maximum Gasteiger partial charge on any atom is 0.286 e. The third-order valence-electron chi connectivity index (χ3n) is 2.17. The van der Waals surface area contributed by atoms with E-state index < -0.39 is 17.5 Å². The number of carbonyl (C=O) groups is 2. The van der Waals surface area contributed by atoms with E-state index in [1.54, 1.807) is 18.4 Å². The molecule has 0 spiro atoms. The minimum atomic E-state index is -3.19. The summed E-state index contributed by atoms with van der Waals surface area (Å²) in [4.78, 5) is 33.3. The summed E-state index contributed by atoms with van der Waals surface area (Å²) < 4.78 is 4.93.